The third kappa shape index (κ3) is 4.39. The van der Waals surface area contributed by atoms with Crippen LogP contribution < -0.4 is 0 Å². The van der Waals surface area contributed by atoms with E-state index in [4.69, 9.17) is 5.11 Å². The molecule has 5 heteroatoms. The van der Waals surface area contributed by atoms with E-state index in [0.717, 1.165) is 19.3 Å². The third-order valence-corrected chi connectivity index (χ3v) is 1.92. The molecule has 1 aromatic heterocycles. The lowest BCUT2D eigenvalue weighted by atomic mass is 10.2. The fourth-order valence-electron chi connectivity index (χ4n) is 1.12. The maximum atomic E-state index is 11.2. The number of carbonyl (C=O) groups excluding carboxylic acids is 1. The highest BCUT2D eigenvalue weighted by molar-refractivity contribution is 5.76. The van der Waals surface area contributed by atoms with Gasteiger partial charge in [0.05, 0.1) is 0 Å². The van der Waals surface area contributed by atoms with Gasteiger partial charge in [-0.05, 0) is 12.5 Å². The number of amides is 1. The van der Waals surface area contributed by atoms with Crippen molar-refractivity contribution in [1.29, 1.82) is 0 Å². The predicted octanol–water partition coefficient (Wildman–Crippen LogP) is 2.91. The summed E-state index contributed by atoms with van der Waals surface area (Å²) >= 11 is 0. The van der Waals surface area contributed by atoms with Crippen molar-refractivity contribution < 1.29 is 9.90 Å². The van der Waals surface area contributed by atoms with Gasteiger partial charge in [0.15, 0.2) is 11.7 Å². The highest BCUT2D eigenvalue weighted by Gasteiger charge is 1.99. The molecule has 5 nitrogen and oxygen atoms in total. The van der Waals surface area contributed by atoms with Crippen molar-refractivity contribution in [2.45, 2.75) is 32.6 Å². The molecule has 0 radical (unpaired) electrons. The van der Waals surface area contributed by atoms with Crippen LogP contribution in [0.3, 0.4) is 0 Å². The average Bonchev–Trinajstić information content (AvgIpc) is 2.62. The number of hydrogen-bond donors (Lipinski definition) is 2. The molecule has 1 rings (SSSR count). The molecule has 0 aliphatic rings. The lowest BCUT2D eigenvalue weighted by Gasteiger charge is -1.92. The van der Waals surface area contributed by atoms with Gasteiger partial charge < -0.3 is 10.1 Å². The minimum atomic E-state index is -0.225. The van der Waals surface area contributed by atoms with E-state index in [1.807, 2.05) is 0 Å². The van der Waals surface area contributed by atoms with Gasteiger partial charge in [-0.25, -0.2) is 0 Å². The molecule has 0 saturated carbocycles. The van der Waals surface area contributed by atoms with Gasteiger partial charge in [0, 0.05) is 12.5 Å². The van der Waals surface area contributed by atoms with Crippen molar-refractivity contribution in [1.82, 2.24) is 4.98 Å². The minimum absolute atomic E-state index is 0.0161. The fourth-order valence-corrected chi connectivity index (χ4v) is 1.12. The molecule has 0 aromatic carbocycles. The summed E-state index contributed by atoms with van der Waals surface area (Å²) in [6.45, 7) is 2.08. The summed E-state index contributed by atoms with van der Waals surface area (Å²) in [7, 11) is 0. The number of nitrogens with zero attached hydrogens (tertiary/aromatic N) is 2. The summed E-state index contributed by atoms with van der Waals surface area (Å²) in [6.07, 6.45) is 3.40. The maximum absolute atomic E-state index is 11.2. The molecular weight excluding hydrogens is 194 g/mol. The smallest absolute Gasteiger partial charge is 0.264 e. The standard InChI is InChI=1S/C10H15N3O2/c1-2-3-4-5-10(15)13-12-8-6-7-9(14)11-8/h6-7,11,14H,2-5H2,1H3. The number of aromatic nitrogens is 1. The lowest BCUT2D eigenvalue weighted by Crippen LogP contribution is -1.90. The molecule has 2 N–H and O–H groups in total. The molecule has 82 valence electrons. The quantitative estimate of drug-likeness (QED) is 0.577. The van der Waals surface area contributed by atoms with Crippen LogP contribution in [0.5, 0.6) is 5.88 Å². The van der Waals surface area contributed by atoms with Crippen LogP contribution in [-0.4, -0.2) is 16.0 Å². The molecule has 0 fully saturated rings. The van der Waals surface area contributed by atoms with E-state index < -0.39 is 0 Å². The number of rotatable bonds is 5. The van der Waals surface area contributed by atoms with E-state index in [-0.39, 0.29) is 11.8 Å². The zero-order chi connectivity index (χ0) is 11.1. The molecule has 1 amide bonds. The molecule has 0 spiro atoms. The van der Waals surface area contributed by atoms with Crippen molar-refractivity contribution in [3.8, 4) is 5.88 Å². The Morgan fingerprint density at radius 3 is 2.87 bits per heavy atom. The highest BCUT2D eigenvalue weighted by atomic mass is 16.3. The van der Waals surface area contributed by atoms with Crippen LogP contribution in [-0.2, 0) is 4.79 Å². The van der Waals surface area contributed by atoms with Crippen molar-refractivity contribution in [3.05, 3.63) is 12.1 Å². The van der Waals surface area contributed by atoms with Crippen molar-refractivity contribution in [3.63, 3.8) is 0 Å². The number of unbranched alkanes of at least 4 members (excludes halogenated alkanes) is 2. The van der Waals surface area contributed by atoms with E-state index in [1.165, 1.54) is 6.07 Å². The summed E-state index contributed by atoms with van der Waals surface area (Å²) in [5, 5.41) is 16.1. The molecule has 0 aliphatic heterocycles. The van der Waals surface area contributed by atoms with Crippen LogP contribution in [0.2, 0.25) is 0 Å². The Balaban J connectivity index is 2.34. The molecule has 1 aromatic rings. The Bertz CT molecular complexity index is 344. The van der Waals surface area contributed by atoms with E-state index in [0.29, 0.717) is 12.2 Å². The second kappa shape index (κ2) is 5.95. The summed E-state index contributed by atoms with van der Waals surface area (Å²) in [5.41, 5.74) is 0. The van der Waals surface area contributed by atoms with Gasteiger partial charge in [-0.15, -0.1) is 10.2 Å². The first kappa shape index (κ1) is 11.4. The van der Waals surface area contributed by atoms with Crippen LogP contribution in [0.15, 0.2) is 22.4 Å². The third-order valence-electron chi connectivity index (χ3n) is 1.92. The lowest BCUT2D eigenvalue weighted by molar-refractivity contribution is -0.118. The zero-order valence-electron chi connectivity index (χ0n) is 8.73. The number of azo groups is 1. The Kier molecular flexibility index (Phi) is 4.53. The molecular formula is C10H15N3O2. The van der Waals surface area contributed by atoms with Crippen molar-refractivity contribution in [2.24, 2.45) is 10.2 Å². The van der Waals surface area contributed by atoms with Gasteiger partial charge in [0.1, 0.15) is 0 Å². The molecule has 0 bridgehead atoms. The number of aromatic amines is 1. The summed E-state index contributed by atoms with van der Waals surface area (Å²) < 4.78 is 0. The maximum Gasteiger partial charge on any atom is 0.264 e. The molecule has 0 saturated heterocycles. The Morgan fingerprint density at radius 1 is 1.47 bits per heavy atom. The fraction of sp³-hybridized carbons (Fsp3) is 0.500. The zero-order valence-corrected chi connectivity index (χ0v) is 8.73. The normalized spacial score (nSPS) is 11.0. The first-order valence-corrected chi connectivity index (χ1v) is 5.05. The highest BCUT2D eigenvalue weighted by Crippen LogP contribution is 2.15. The number of carbonyl (C=O) groups is 1. The number of aromatic hydroxyl groups is 1. The summed E-state index contributed by atoms with van der Waals surface area (Å²) in [5.74, 6) is 0.177. The molecule has 0 atom stereocenters. The van der Waals surface area contributed by atoms with Gasteiger partial charge in [0.2, 0.25) is 0 Å². The number of H-pyrrole nitrogens is 1. The summed E-state index contributed by atoms with van der Waals surface area (Å²) in [6, 6.07) is 3.01. The largest absolute Gasteiger partial charge is 0.495 e. The second-order valence-corrected chi connectivity index (χ2v) is 3.28. The monoisotopic (exact) mass is 209 g/mol. The van der Waals surface area contributed by atoms with E-state index in [1.54, 1.807) is 6.07 Å². The second-order valence-electron chi connectivity index (χ2n) is 3.28. The van der Waals surface area contributed by atoms with Crippen molar-refractivity contribution >= 4 is 11.7 Å². The molecule has 0 unspecified atom stereocenters. The van der Waals surface area contributed by atoms with E-state index in [2.05, 4.69) is 22.1 Å². The molecule has 1 heterocycles. The minimum Gasteiger partial charge on any atom is -0.495 e. The van der Waals surface area contributed by atoms with E-state index >= 15 is 0 Å². The van der Waals surface area contributed by atoms with E-state index in [9.17, 15) is 4.79 Å². The number of hydrogen-bond acceptors (Lipinski definition) is 3. The van der Waals surface area contributed by atoms with Gasteiger partial charge in [-0.1, -0.05) is 19.8 Å². The topological polar surface area (TPSA) is 77.8 Å². The van der Waals surface area contributed by atoms with Crippen LogP contribution in [0.25, 0.3) is 0 Å². The molecule has 0 aliphatic carbocycles. The Labute approximate surface area is 88.2 Å². The first-order chi connectivity index (χ1) is 7.22. The number of nitrogens with one attached hydrogen (secondary N) is 1. The van der Waals surface area contributed by atoms with Gasteiger partial charge >= 0.3 is 0 Å². The first-order valence-electron chi connectivity index (χ1n) is 5.05. The summed E-state index contributed by atoms with van der Waals surface area (Å²) in [4.78, 5) is 13.7. The molecule has 15 heavy (non-hydrogen) atoms. The SMILES string of the molecule is CCCCCC(=O)N=Nc1ccc(O)[nH]1. The Morgan fingerprint density at radius 2 is 2.27 bits per heavy atom. The van der Waals surface area contributed by atoms with Gasteiger partial charge in [-0.2, -0.15) is 0 Å². The predicted molar refractivity (Wildman–Crippen MR) is 56.1 cm³/mol. The van der Waals surface area contributed by atoms with Gasteiger partial charge in [-0.3, -0.25) is 4.79 Å². The van der Waals surface area contributed by atoms with Gasteiger partial charge in [0.25, 0.3) is 5.91 Å². The van der Waals surface area contributed by atoms with Crippen LogP contribution >= 0.6 is 0 Å². The van der Waals surface area contributed by atoms with Crippen LogP contribution in [0, 0.1) is 0 Å². The van der Waals surface area contributed by atoms with Crippen LogP contribution in [0.1, 0.15) is 32.6 Å². The average molecular weight is 209 g/mol. The Hall–Kier alpha value is -1.65. The van der Waals surface area contributed by atoms with Crippen molar-refractivity contribution in [2.75, 3.05) is 0 Å². The van der Waals surface area contributed by atoms with Crippen LogP contribution in [0.4, 0.5) is 5.82 Å².